The highest BCUT2D eigenvalue weighted by Crippen LogP contribution is 2.08. The van der Waals surface area contributed by atoms with Crippen LogP contribution < -0.4 is 5.32 Å². The first-order valence-electron chi connectivity index (χ1n) is 6.52. The van der Waals surface area contributed by atoms with Gasteiger partial charge >= 0.3 is 0 Å². The van der Waals surface area contributed by atoms with Gasteiger partial charge in [0.05, 0.1) is 0 Å². The Morgan fingerprint density at radius 1 is 1.12 bits per heavy atom. The molecule has 3 heteroatoms. The van der Waals surface area contributed by atoms with E-state index in [1.54, 1.807) is 7.11 Å². The molecule has 0 rings (SSSR count). The number of methoxy groups -OCH3 is 1. The van der Waals surface area contributed by atoms with Gasteiger partial charge in [-0.2, -0.15) is 0 Å². The molecular formula is C13H29NO2. The van der Waals surface area contributed by atoms with Crippen LogP contribution in [-0.2, 0) is 9.47 Å². The van der Waals surface area contributed by atoms with Crippen LogP contribution in [0.2, 0.25) is 0 Å². The summed E-state index contributed by atoms with van der Waals surface area (Å²) < 4.78 is 10.5. The molecule has 0 aliphatic rings. The van der Waals surface area contributed by atoms with Crippen molar-refractivity contribution >= 4 is 0 Å². The van der Waals surface area contributed by atoms with E-state index in [4.69, 9.17) is 9.47 Å². The first kappa shape index (κ1) is 15.9. The molecule has 0 spiro atoms. The predicted molar refractivity (Wildman–Crippen MR) is 68.8 cm³/mol. The molecule has 98 valence electrons. The van der Waals surface area contributed by atoms with Crippen LogP contribution in [0.4, 0.5) is 0 Å². The van der Waals surface area contributed by atoms with Crippen LogP contribution in [-0.4, -0.2) is 39.5 Å². The summed E-state index contributed by atoms with van der Waals surface area (Å²) in [7, 11) is 1.73. The minimum atomic E-state index is 0.586. The topological polar surface area (TPSA) is 30.5 Å². The van der Waals surface area contributed by atoms with Crippen LogP contribution in [0, 0.1) is 5.92 Å². The van der Waals surface area contributed by atoms with Crippen LogP contribution in [0.15, 0.2) is 0 Å². The number of ether oxygens (including phenoxy) is 2. The minimum Gasteiger partial charge on any atom is -0.385 e. The van der Waals surface area contributed by atoms with Crippen molar-refractivity contribution in [3.8, 4) is 0 Å². The Hall–Kier alpha value is -0.120. The minimum absolute atomic E-state index is 0.586. The lowest BCUT2D eigenvalue weighted by atomic mass is 10.0. The molecule has 0 aromatic carbocycles. The van der Waals surface area contributed by atoms with Crippen molar-refractivity contribution in [2.45, 2.75) is 46.1 Å². The predicted octanol–water partition coefficient (Wildman–Crippen LogP) is 2.45. The Morgan fingerprint density at radius 3 is 2.50 bits per heavy atom. The van der Waals surface area contributed by atoms with Crippen LogP contribution >= 0.6 is 0 Å². The Morgan fingerprint density at radius 2 is 1.88 bits per heavy atom. The SMILES string of the molecule is CCCNC(C)C(C)CCOCCCOC. The van der Waals surface area contributed by atoms with Crippen molar-refractivity contribution in [3.05, 3.63) is 0 Å². The van der Waals surface area contributed by atoms with Crippen molar-refractivity contribution in [1.29, 1.82) is 0 Å². The van der Waals surface area contributed by atoms with Crippen molar-refractivity contribution in [1.82, 2.24) is 5.32 Å². The molecular weight excluding hydrogens is 202 g/mol. The molecule has 0 aliphatic carbocycles. The van der Waals surface area contributed by atoms with Crippen LogP contribution in [0.25, 0.3) is 0 Å². The van der Waals surface area contributed by atoms with Gasteiger partial charge in [0.15, 0.2) is 0 Å². The number of nitrogens with one attached hydrogen (secondary N) is 1. The largest absolute Gasteiger partial charge is 0.385 e. The highest BCUT2D eigenvalue weighted by molar-refractivity contribution is 4.67. The molecule has 0 fully saturated rings. The van der Waals surface area contributed by atoms with E-state index >= 15 is 0 Å². The Labute approximate surface area is 101 Å². The lowest BCUT2D eigenvalue weighted by molar-refractivity contribution is 0.0922. The zero-order valence-electron chi connectivity index (χ0n) is 11.4. The average molecular weight is 231 g/mol. The Bertz CT molecular complexity index is 142. The van der Waals surface area contributed by atoms with E-state index < -0.39 is 0 Å². The second kappa shape index (κ2) is 11.4. The normalized spacial score (nSPS) is 15.0. The molecule has 0 heterocycles. The first-order valence-corrected chi connectivity index (χ1v) is 6.52. The standard InChI is InChI=1S/C13H29NO2/c1-5-8-14-13(3)12(2)7-11-16-10-6-9-15-4/h12-14H,5-11H2,1-4H3. The fourth-order valence-electron chi connectivity index (χ4n) is 1.50. The fraction of sp³-hybridized carbons (Fsp3) is 1.00. The second-order valence-corrected chi connectivity index (χ2v) is 4.47. The monoisotopic (exact) mass is 231 g/mol. The molecule has 3 nitrogen and oxygen atoms in total. The van der Waals surface area contributed by atoms with Gasteiger partial charge in [0.25, 0.3) is 0 Å². The summed E-state index contributed by atoms with van der Waals surface area (Å²) in [4.78, 5) is 0. The van der Waals surface area contributed by atoms with Gasteiger partial charge in [-0.25, -0.2) is 0 Å². The number of hydrogen-bond acceptors (Lipinski definition) is 3. The van der Waals surface area contributed by atoms with Crippen molar-refractivity contribution < 1.29 is 9.47 Å². The van der Waals surface area contributed by atoms with Gasteiger partial charge in [-0.15, -0.1) is 0 Å². The average Bonchev–Trinajstić information content (AvgIpc) is 2.30. The molecule has 0 amide bonds. The van der Waals surface area contributed by atoms with Crippen LogP contribution in [0.3, 0.4) is 0 Å². The van der Waals surface area contributed by atoms with Crippen LogP contribution in [0.5, 0.6) is 0 Å². The molecule has 0 saturated heterocycles. The van der Waals surface area contributed by atoms with Gasteiger partial charge in [-0.1, -0.05) is 13.8 Å². The molecule has 1 N–H and O–H groups in total. The van der Waals surface area contributed by atoms with E-state index in [-0.39, 0.29) is 0 Å². The summed E-state index contributed by atoms with van der Waals surface area (Å²) in [6.07, 6.45) is 3.32. The first-order chi connectivity index (χ1) is 7.72. The van der Waals surface area contributed by atoms with E-state index in [2.05, 4.69) is 26.1 Å². The lowest BCUT2D eigenvalue weighted by Crippen LogP contribution is -2.33. The summed E-state index contributed by atoms with van der Waals surface area (Å²) in [5.74, 6) is 0.675. The van der Waals surface area contributed by atoms with Gasteiger partial charge in [-0.3, -0.25) is 0 Å². The molecule has 0 radical (unpaired) electrons. The van der Waals surface area contributed by atoms with Crippen LogP contribution in [0.1, 0.15) is 40.0 Å². The highest BCUT2D eigenvalue weighted by Gasteiger charge is 2.10. The van der Waals surface area contributed by atoms with Crippen molar-refractivity contribution in [2.24, 2.45) is 5.92 Å². The number of hydrogen-bond donors (Lipinski definition) is 1. The molecule has 0 bridgehead atoms. The van der Waals surface area contributed by atoms with Crippen molar-refractivity contribution in [3.63, 3.8) is 0 Å². The smallest absolute Gasteiger partial charge is 0.0487 e. The lowest BCUT2D eigenvalue weighted by Gasteiger charge is -2.21. The van der Waals surface area contributed by atoms with Gasteiger partial charge in [0.2, 0.25) is 0 Å². The summed E-state index contributed by atoms with van der Waals surface area (Å²) >= 11 is 0. The molecule has 16 heavy (non-hydrogen) atoms. The van der Waals surface area contributed by atoms with Gasteiger partial charge in [0, 0.05) is 33.0 Å². The van der Waals surface area contributed by atoms with Gasteiger partial charge < -0.3 is 14.8 Å². The third-order valence-corrected chi connectivity index (χ3v) is 2.92. The van der Waals surface area contributed by atoms with E-state index in [9.17, 15) is 0 Å². The highest BCUT2D eigenvalue weighted by atomic mass is 16.5. The summed E-state index contributed by atoms with van der Waals surface area (Å²) in [5, 5.41) is 3.52. The zero-order chi connectivity index (χ0) is 12.2. The Balaban J connectivity index is 3.31. The molecule has 0 aromatic heterocycles. The summed E-state index contributed by atoms with van der Waals surface area (Å²) in [6, 6.07) is 0.586. The quantitative estimate of drug-likeness (QED) is 0.554. The summed E-state index contributed by atoms with van der Waals surface area (Å²) in [6.45, 7) is 10.3. The van der Waals surface area contributed by atoms with E-state index in [1.165, 1.54) is 6.42 Å². The molecule has 2 unspecified atom stereocenters. The van der Waals surface area contributed by atoms with Crippen molar-refractivity contribution in [2.75, 3.05) is 33.5 Å². The molecule has 2 atom stereocenters. The summed E-state index contributed by atoms with van der Waals surface area (Å²) in [5.41, 5.74) is 0. The molecule has 0 aromatic rings. The number of rotatable bonds is 11. The maximum Gasteiger partial charge on any atom is 0.0487 e. The fourth-order valence-corrected chi connectivity index (χ4v) is 1.50. The molecule has 0 saturated carbocycles. The maximum absolute atomic E-state index is 5.55. The van der Waals surface area contributed by atoms with Gasteiger partial charge in [-0.05, 0) is 38.6 Å². The van der Waals surface area contributed by atoms with E-state index in [1.807, 2.05) is 0 Å². The van der Waals surface area contributed by atoms with E-state index in [0.717, 1.165) is 39.2 Å². The molecule has 0 aliphatic heterocycles. The zero-order valence-corrected chi connectivity index (χ0v) is 11.4. The second-order valence-electron chi connectivity index (χ2n) is 4.47. The third-order valence-electron chi connectivity index (χ3n) is 2.92. The third kappa shape index (κ3) is 9.13. The van der Waals surface area contributed by atoms with Gasteiger partial charge in [0.1, 0.15) is 0 Å². The Kier molecular flexibility index (Phi) is 11.3. The maximum atomic E-state index is 5.55. The van der Waals surface area contributed by atoms with E-state index in [0.29, 0.717) is 12.0 Å².